The lowest BCUT2D eigenvalue weighted by atomic mass is 10.0. The van der Waals surface area contributed by atoms with Crippen LogP contribution >= 0.6 is 0 Å². The number of piperidine rings is 1. The van der Waals surface area contributed by atoms with E-state index in [9.17, 15) is 4.79 Å². The van der Waals surface area contributed by atoms with Crippen LogP contribution in [0.2, 0.25) is 0 Å². The van der Waals surface area contributed by atoms with Crippen LogP contribution in [0.3, 0.4) is 0 Å². The van der Waals surface area contributed by atoms with Gasteiger partial charge in [-0.2, -0.15) is 0 Å². The summed E-state index contributed by atoms with van der Waals surface area (Å²) in [5.41, 5.74) is 0. The van der Waals surface area contributed by atoms with E-state index < -0.39 is 0 Å². The number of hydrogen-bond donors (Lipinski definition) is 0. The number of rotatable bonds is 0. The average Bonchev–Trinajstić information content (AvgIpc) is 1.88. The van der Waals surface area contributed by atoms with Crippen LogP contribution in [-0.2, 0) is 4.79 Å². The van der Waals surface area contributed by atoms with Crippen molar-refractivity contribution in [2.75, 3.05) is 6.54 Å². The summed E-state index contributed by atoms with van der Waals surface area (Å²) < 4.78 is 0. The second kappa shape index (κ2) is 3.04. The largest absolute Gasteiger partial charge is 0.340 e. The molecule has 2 nitrogen and oxygen atoms in total. The molecule has 0 radical (unpaired) electrons. The summed E-state index contributed by atoms with van der Waals surface area (Å²) in [6.45, 7) is 4.75. The molecule has 58 valence electrons. The molecule has 0 aromatic carbocycles. The Balaban J connectivity index is 2.47. The van der Waals surface area contributed by atoms with Crippen molar-refractivity contribution in [3.05, 3.63) is 0 Å². The molecule has 1 saturated heterocycles. The molecule has 1 amide bonds. The lowest BCUT2D eigenvalue weighted by Crippen LogP contribution is -2.40. The molecule has 1 rings (SSSR count). The Morgan fingerprint density at radius 2 is 2.20 bits per heavy atom. The molecule has 0 aromatic heterocycles. The van der Waals surface area contributed by atoms with Gasteiger partial charge in [0.2, 0.25) is 5.91 Å². The van der Waals surface area contributed by atoms with Gasteiger partial charge in [0, 0.05) is 19.5 Å². The zero-order valence-electron chi connectivity index (χ0n) is 6.76. The van der Waals surface area contributed by atoms with E-state index in [1.807, 2.05) is 4.90 Å². The number of amides is 1. The van der Waals surface area contributed by atoms with Gasteiger partial charge in [-0.15, -0.1) is 0 Å². The first kappa shape index (κ1) is 7.58. The van der Waals surface area contributed by atoms with Gasteiger partial charge in [0.15, 0.2) is 0 Å². The van der Waals surface area contributed by atoms with E-state index in [0.29, 0.717) is 6.04 Å². The summed E-state index contributed by atoms with van der Waals surface area (Å²) in [4.78, 5) is 12.9. The van der Waals surface area contributed by atoms with Crippen molar-refractivity contribution in [3.8, 4) is 0 Å². The maximum absolute atomic E-state index is 10.9. The van der Waals surface area contributed by atoms with Crippen molar-refractivity contribution < 1.29 is 4.79 Å². The van der Waals surface area contributed by atoms with Crippen LogP contribution in [-0.4, -0.2) is 23.4 Å². The van der Waals surface area contributed by atoms with E-state index in [-0.39, 0.29) is 5.91 Å². The van der Waals surface area contributed by atoms with E-state index >= 15 is 0 Å². The second-order valence-electron chi connectivity index (χ2n) is 3.06. The summed E-state index contributed by atoms with van der Waals surface area (Å²) in [7, 11) is 0. The molecule has 1 heterocycles. The molecule has 0 spiro atoms. The first-order chi connectivity index (χ1) is 4.72. The molecule has 1 aliphatic heterocycles. The monoisotopic (exact) mass is 141 g/mol. The Morgan fingerprint density at radius 1 is 1.50 bits per heavy atom. The van der Waals surface area contributed by atoms with Gasteiger partial charge < -0.3 is 4.90 Å². The standard InChI is InChI=1S/C8H15NO/c1-7-5-3-4-6-9(7)8(2)10/h7H,3-6H2,1-2H3/t7-/m0/s1. The van der Waals surface area contributed by atoms with Crippen LogP contribution < -0.4 is 0 Å². The van der Waals surface area contributed by atoms with Crippen molar-refractivity contribution in [2.45, 2.75) is 39.2 Å². The van der Waals surface area contributed by atoms with Gasteiger partial charge in [0.1, 0.15) is 0 Å². The fourth-order valence-corrected chi connectivity index (χ4v) is 1.57. The molecule has 1 aliphatic rings. The minimum absolute atomic E-state index is 0.229. The third-order valence-electron chi connectivity index (χ3n) is 2.21. The highest BCUT2D eigenvalue weighted by Crippen LogP contribution is 2.15. The SMILES string of the molecule is CC(=O)N1CCCC[C@@H]1C. The van der Waals surface area contributed by atoms with E-state index in [1.54, 1.807) is 6.92 Å². The Morgan fingerprint density at radius 3 is 2.60 bits per heavy atom. The molecule has 0 aromatic rings. The quantitative estimate of drug-likeness (QED) is 0.499. The number of carbonyl (C=O) groups is 1. The predicted octanol–water partition coefficient (Wildman–Crippen LogP) is 1.41. The van der Waals surface area contributed by atoms with Crippen molar-refractivity contribution in [1.82, 2.24) is 4.90 Å². The number of nitrogens with zero attached hydrogens (tertiary/aromatic N) is 1. The lowest BCUT2D eigenvalue weighted by Gasteiger charge is -2.32. The number of hydrogen-bond acceptors (Lipinski definition) is 1. The van der Waals surface area contributed by atoms with E-state index in [1.165, 1.54) is 19.3 Å². The second-order valence-corrected chi connectivity index (χ2v) is 3.06. The zero-order chi connectivity index (χ0) is 7.56. The molecule has 0 saturated carbocycles. The highest BCUT2D eigenvalue weighted by molar-refractivity contribution is 5.73. The molecular formula is C8H15NO. The third-order valence-corrected chi connectivity index (χ3v) is 2.21. The number of carbonyl (C=O) groups excluding carboxylic acids is 1. The van der Waals surface area contributed by atoms with Gasteiger partial charge in [-0.25, -0.2) is 0 Å². The summed E-state index contributed by atoms with van der Waals surface area (Å²) in [5.74, 6) is 0.229. The molecule has 2 heteroatoms. The Bertz CT molecular complexity index is 133. The van der Waals surface area contributed by atoms with Crippen molar-refractivity contribution in [3.63, 3.8) is 0 Å². The summed E-state index contributed by atoms with van der Waals surface area (Å²) >= 11 is 0. The third kappa shape index (κ3) is 1.49. The predicted molar refractivity (Wildman–Crippen MR) is 40.7 cm³/mol. The first-order valence-corrected chi connectivity index (χ1v) is 3.99. The molecule has 0 N–H and O–H groups in total. The van der Waals surface area contributed by atoms with E-state index in [2.05, 4.69) is 6.92 Å². The van der Waals surface area contributed by atoms with Crippen LogP contribution in [0.15, 0.2) is 0 Å². The van der Waals surface area contributed by atoms with Crippen LogP contribution in [0.4, 0.5) is 0 Å². The van der Waals surface area contributed by atoms with Crippen LogP contribution in [0.5, 0.6) is 0 Å². The van der Waals surface area contributed by atoms with Crippen LogP contribution in [0.25, 0.3) is 0 Å². The molecule has 1 fully saturated rings. The van der Waals surface area contributed by atoms with Gasteiger partial charge in [0.25, 0.3) is 0 Å². The van der Waals surface area contributed by atoms with Gasteiger partial charge in [-0.05, 0) is 26.2 Å². The molecule has 0 aliphatic carbocycles. The topological polar surface area (TPSA) is 20.3 Å². The Labute approximate surface area is 62.2 Å². The zero-order valence-corrected chi connectivity index (χ0v) is 6.76. The molecule has 1 atom stereocenters. The Hall–Kier alpha value is -0.530. The molecular weight excluding hydrogens is 126 g/mol. The fourth-order valence-electron chi connectivity index (χ4n) is 1.57. The van der Waals surface area contributed by atoms with Gasteiger partial charge in [0.05, 0.1) is 0 Å². The maximum atomic E-state index is 10.9. The minimum Gasteiger partial charge on any atom is -0.340 e. The lowest BCUT2D eigenvalue weighted by molar-refractivity contribution is -0.131. The van der Waals surface area contributed by atoms with Crippen molar-refractivity contribution >= 4 is 5.91 Å². The summed E-state index contributed by atoms with van der Waals surface area (Å²) in [5, 5.41) is 0. The van der Waals surface area contributed by atoms with Crippen molar-refractivity contribution in [1.29, 1.82) is 0 Å². The number of likely N-dealkylation sites (tertiary alicyclic amines) is 1. The van der Waals surface area contributed by atoms with Crippen LogP contribution in [0, 0.1) is 0 Å². The van der Waals surface area contributed by atoms with Gasteiger partial charge in [-0.1, -0.05) is 0 Å². The van der Waals surface area contributed by atoms with E-state index in [4.69, 9.17) is 0 Å². The average molecular weight is 141 g/mol. The molecule has 0 unspecified atom stereocenters. The summed E-state index contributed by atoms with van der Waals surface area (Å²) in [6, 6.07) is 0.478. The highest BCUT2D eigenvalue weighted by atomic mass is 16.2. The highest BCUT2D eigenvalue weighted by Gasteiger charge is 2.19. The normalized spacial score (nSPS) is 26.6. The van der Waals surface area contributed by atoms with Crippen LogP contribution in [0.1, 0.15) is 33.1 Å². The summed E-state index contributed by atoms with van der Waals surface area (Å²) in [6.07, 6.45) is 3.65. The first-order valence-electron chi connectivity index (χ1n) is 3.99. The Kier molecular flexibility index (Phi) is 2.30. The van der Waals surface area contributed by atoms with Gasteiger partial charge >= 0.3 is 0 Å². The molecule has 0 bridgehead atoms. The molecule has 10 heavy (non-hydrogen) atoms. The maximum Gasteiger partial charge on any atom is 0.219 e. The smallest absolute Gasteiger partial charge is 0.219 e. The van der Waals surface area contributed by atoms with E-state index in [0.717, 1.165) is 6.54 Å². The fraction of sp³-hybridized carbons (Fsp3) is 0.875. The van der Waals surface area contributed by atoms with Crippen molar-refractivity contribution in [2.24, 2.45) is 0 Å². The van der Waals surface area contributed by atoms with Gasteiger partial charge in [-0.3, -0.25) is 4.79 Å². The minimum atomic E-state index is 0.229.